The molecule has 180 valence electrons. The van der Waals surface area contributed by atoms with E-state index in [2.05, 4.69) is 37.4 Å². The van der Waals surface area contributed by atoms with Crippen LogP contribution in [0.25, 0.3) is 11.0 Å². The van der Waals surface area contributed by atoms with Crippen molar-refractivity contribution in [1.29, 1.82) is 0 Å². The minimum Gasteiger partial charge on any atom is -0.496 e. The SMILES string of the molecule is COc1ccc(CN2CC(OC)C2)cc1Cn1ncc2nc(N)nc(NCC3CC4(CC4)C3)c21. The summed E-state index contributed by atoms with van der Waals surface area (Å²) in [5, 5.41) is 8.19. The van der Waals surface area contributed by atoms with Gasteiger partial charge in [0.1, 0.15) is 16.8 Å². The normalized spacial score (nSPS) is 19.8. The van der Waals surface area contributed by atoms with Crippen LogP contribution >= 0.6 is 0 Å². The van der Waals surface area contributed by atoms with E-state index < -0.39 is 0 Å². The molecule has 3 aliphatic rings. The maximum atomic E-state index is 6.01. The maximum Gasteiger partial charge on any atom is 0.222 e. The first kappa shape index (κ1) is 21.6. The predicted molar refractivity (Wildman–Crippen MR) is 131 cm³/mol. The van der Waals surface area contributed by atoms with E-state index in [0.717, 1.165) is 54.3 Å². The van der Waals surface area contributed by atoms with Crippen LogP contribution in [0.3, 0.4) is 0 Å². The standard InChI is InChI=1S/C25H33N7O2/c1-33-19-14-31(15-19)12-16-3-4-21(34-2)18(7-16)13-32-22-20(11-28-32)29-24(26)30-23(22)27-10-17-8-25(9-17)5-6-25/h3-4,7,11,17,19H,5-6,8-10,12-15H2,1-2H3,(H3,26,27,29,30). The van der Waals surface area contributed by atoms with Crippen molar-refractivity contribution >= 4 is 22.8 Å². The molecule has 6 rings (SSSR count). The van der Waals surface area contributed by atoms with Crippen LogP contribution in [-0.2, 0) is 17.8 Å². The number of fused-ring (bicyclic) bond motifs is 1. The summed E-state index contributed by atoms with van der Waals surface area (Å²) in [6.45, 7) is 4.31. The van der Waals surface area contributed by atoms with E-state index >= 15 is 0 Å². The highest BCUT2D eigenvalue weighted by Gasteiger charge is 2.52. The predicted octanol–water partition coefficient (Wildman–Crippen LogP) is 2.90. The van der Waals surface area contributed by atoms with Crippen molar-refractivity contribution in [2.24, 2.45) is 11.3 Å². The van der Waals surface area contributed by atoms with Gasteiger partial charge >= 0.3 is 0 Å². The minimum atomic E-state index is 0.269. The Morgan fingerprint density at radius 1 is 1.15 bits per heavy atom. The van der Waals surface area contributed by atoms with Gasteiger partial charge in [0.05, 0.1) is 26.0 Å². The third-order valence-electron chi connectivity index (χ3n) is 7.79. The van der Waals surface area contributed by atoms with Gasteiger partial charge in [0, 0.05) is 38.9 Å². The highest BCUT2D eigenvalue weighted by atomic mass is 16.5. The Balaban J connectivity index is 1.23. The van der Waals surface area contributed by atoms with Gasteiger partial charge in [-0.1, -0.05) is 6.07 Å². The average molecular weight is 464 g/mol. The quantitative estimate of drug-likeness (QED) is 0.499. The lowest BCUT2D eigenvalue weighted by atomic mass is 9.72. The van der Waals surface area contributed by atoms with Crippen LogP contribution in [0, 0.1) is 11.3 Å². The monoisotopic (exact) mass is 463 g/mol. The van der Waals surface area contributed by atoms with E-state index in [1.807, 2.05) is 10.7 Å². The Kier molecular flexibility index (Phi) is 5.33. The number of rotatable bonds is 9. The van der Waals surface area contributed by atoms with E-state index in [1.54, 1.807) is 20.4 Å². The molecule has 9 heteroatoms. The first-order valence-corrected chi connectivity index (χ1v) is 12.2. The van der Waals surface area contributed by atoms with Gasteiger partial charge in [0.2, 0.25) is 5.95 Å². The van der Waals surface area contributed by atoms with Gasteiger partial charge < -0.3 is 20.5 Å². The molecule has 0 atom stereocenters. The number of nitrogen functional groups attached to an aromatic ring is 1. The third kappa shape index (κ3) is 4.07. The van der Waals surface area contributed by atoms with E-state index in [0.29, 0.717) is 24.0 Å². The topological polar surface area (TPSA) is 103 Å². The van der Waals surface area contributed by atoms with Crippen LogP contribution < -0.4 is 15.8 Å². The molecular formula is C25H33N7O2. The summed E-state index contributed by atoms with van der Waals surface area (Å²) in [4.78, 5) is 11.3. The molecule has 3 fully saturated rings. The van der Waals surface area contributed by atoms with Gasteiger partial charge in [-0.05, 0) is 54.7 Å². The van der Waals surface area contributed by atoms with Gasteiger partial charge in [-0.3, -0.25) is 9.58 Å². The molecule has 2 aromatic heterocycles. The first-order chi connectivity index (χ1) is 16.5. The number of likely N-dealkylation sites (tertiary alicyclic amines) is 1. The number of nitrogens with zero attached hydrogens (tertiary/aromatic N) is 5. The molecule has 1 aliphatic heterocycles. The molecule has 1 aromatic carbocycles. The number of benzene rings is 1. The van der Waals surface area contributed by atoms with Gasteiger partial charge in [-0.2, -0.15) is 10.1 Å². The van der Waals surface area contributed by atoms with E-state index in [1.165, 1.54) is 31.2 Å². The van der Waals surface area contributed by atoms with Gasteiger partial charge in [0.25, 0.3) is 0 Å². The lowest BCUT2D eigenvalue weighted by Gasteiger charge is -2.38. The molecule has 9 nitrogen and oxygen atoms in total. The molecule has 0 amide bonds. The minimum absolute atomic E-state index is 0.269. The van der Waals surface area contributed by atoms with Gasteiger partial charge in [-0.25, -0.2) is 4.98 Å². The fourth-order valence-corrected chi connectivity index (χ4v) is 5.67. The van der Waals surface area contributed by atoms with Crippen molar-refractivity contribution in [1.82, 2.24) is 24.6 Å². The number of methoxy groups -OCH3 is 2. The molecule has 3 aromatic rings. The summed E-state index contributed by atoms with van der Waals surface area (Å²) in [7, 11) is 3.48. The van der Waals surface area contributed by atoms with Gasteiger partial charge in [-0.15, -0.1) is 0 Å². The lowest BCUT2D eigenvalue weighted by Crippen LogP contribution is -2.50. The lowest BCUT2D eigenvalue weighted by molar-refractivity contribution is -0.0334. The van der Waals surface area contributed by atoms with E-state index in [4.69, 9.17) is 15.2 Å². The summed E-state index contributed by atoms with van der Waals surface area (Å²) in [6, 6.07) is 6.38. The van der Waals surface area contributed by atoms with Crippen LogP contribution in [0.5, 0.6) is 5.75 Å². The summed E-state index contributed by atoms with van der Waals surface area (Å²) in [6.07, 6.45) is 7.59. The number of ether oxygens (including phenoxy) is 2. The van der Waals surface area contributed by atoms with Gasteiger partial charge in [0.15, 0.2) is 5.82 Å². The van der Waals surface area contributed by atoms with Crippen LogP contribution in [0.15, 0.2) is 24.4 Å². The summed E-state index contributed by atoms with van der Waals surface area (Å²) in [5.74, 6) is 2.59. The Morgan fingerprint density at radius 2 is 1.97 bits per heavy atom. The Morgan fingerprint density at radius 3 is 2.71 bits per heavy atom. The van der Waals surface area contributed by atoms with Crippen molar-refractivity contribution in [2.45, 2.75) is 44.9 Å². The Hall–Kier alpha value is -2.91. The van der Waals surface area contributed by atoms with Crippen molar-refractivity contribution in [2.75, 3.05) is 44.9 Å². The number of aromatic nitrogens is 4. The number of nitrogens with two attached hydrogens (primary N) is 1. The average Bonchev–Trinajstić information content (AvgIpc) is 3.49. The second-order valence-corrected chi connectivity index (χ2v) is 10.3. The zero-order valence-corrected chi connectivity index (χ0v) is 20.0. The molecule has 0 unspecified atom stereocenters. The molecule has 3 heterocycles. The van der Waals surface area contributed by atoms with Crippen LogP contribution in [0.4, 0.5) is 11.8 Å². The van der Waals surface area contributed by atoms with Crippen LogP contribution in [0.2, 0.25) is 0 Å². The Labute approximate surface area is 199 Å². The highest BCUT2D eigenvalue weighted by Crippen LogP contribution is 2.63. The van der Waals surface area contributed by atoms with Crippen molar-refractivity contribution in [3.63, 3.8) is 0 Å². The number of nitrogens with one attached hydrogen (secondary N) is 1. The number of hydrogen-bond acceptors (Lipinski definition) is 8. The van der Waals surface area contributed by atoms with Crippen molar-refractivity contribution in [3.05, 3.63) is 35.5 Å². The highest BCUT2D eigenvalue weighted by molar-refractivity contribution is 5.86. The van der Waals surface area contributed by atoms with Crippen LogP contribution in [-0.4, -0.2) is 64.6 Å². The second-order valence-electron chi connectivity index (χ2n) is 10.3. The fourth-order valence-electron chi connectivity index (χ4n) is 5.67. The summed E-state index contributed by atoms with van der Waals surface area (Å²) in [5.41, 5.74) is 10.7. The Bertz CT molecular complexity index is 1190. The summed E-state index contributed by atoms with van der Waals surface area (Å²) < 4.78 is 13.0. The van der Waals surface area contributed by atoms with Crippen molar-refractivity contribution < 1.29 is 9.47 Å². The zero-order valence-electron chi connectivity index (χ0n) is 20.0. The van der Waals surface area contributed by atoms with E-state index in [-0.39, 0.29) is 5.95 Å². The molecule has 34 heavy (non-hydrogen) atoms. The largest absolute Gasteiger partial charge is 0.496 e. The third-order valence-corrected chi connectivity index (χ3v) is 7.79. The molecule has 2 aliphatic carbocycles. The van der Waals surface area contributed by atoms with E-state index in [9.17, 15) is 0 Å². The molecule has 3 N–H and O–H groups in total. The molecular weight excluding hydrogens is 430 g/mol. The smallest absolute Gasteiger partial charge is 0.222 e. The molecule has 1 saturated heterocycles. The van der Waals surface area contributed by atoms with Crippen molar-refractivity contribution in [3.8, 4) is 5.75 Å². The number of hydrogen-bond donors (Lipinski definition) is 2. The fraction of sp³-hybridized carbons (Fsp3) is 0.560. The zero-order chi connectivity index (χ0) is 23.3. The maximum absolute atomic E-state index is 6.01. The number of anilines is 2. The molecule has 2 saturated carbocycles. The molecule has 0 bridgehead atoms. The van der Waals surface area contributed by atoms with Crippen LogP contribution in [0.1, 0.15) is 36.8 Å². The molecule has 1 spiro atoms. The summed E-state index contributed by atoms with van der Waals surface area (Å²) >= 11 is 0. The second kappa shape index (κ2) is 8.39. The first-order valence-electron chi connectivity index (χ1n) is 12.2. The molecule has 0 radical (unpaired) electrons.